The molecule has 0 aliphatic carbocycles. The van der Waals surface area contributed by atoms with E-state index >= 15 is 0 Å². The number of hydrogen-bond acceptors (Lipinski definition) is 0. The third-order valence-electron chi connectivity index (χ3n) is 2.14. The molecule has 2 heteroatoms. The van der Waals surface area contributed by atoms with Crippen molar-refractivity contribution < 1.29 is 4.39 Å². The van der Waals surface area contributed by atoms with Gasteiger partial charge in [0.2, 0.25) is 0 Å². The van der Waals surface area contributed by atoms with E-state index in [4.69, 9.17) is 0 Å². The van der Waals surface area contributed by atoms with Crippen LogP contribution in [-0.4, -0.2) is 0 Å². The van der Waals surface area contributed by atoms with E-state index in [9.17, 15) is 4.39 Å². The summed E-state index contributed by atoms with van der Waals surface area (Å²) in [5, 5.41) is 0. The van der Waals surface area contributed by atoms with Crippen molar-refractivity contribution in [3.63, 3.8) is 0 Å². The number of benzene rings is 2. The zero-order valence-corrected chi connectivity index (χ0v) is 10.6. The third kappa shape index (κ3) is 2.92. The van der Waals surface area contributed by atoms with Gasteiger partial charge in [-0.3, -0.25) is 0 Å². The molecule has 1 radical (unpaired) electrons. The molecule has 0 saturated carbocycles. The number of halogens is 2. The summed E-state index contributed by atoms with van der Waals surface area (Å²) in [5.74, 6) is -0.222. The lowest BCUT2D eigenvalue weighted by Crippen LogP contribution is -1.79. The molecule has 79 valence electrons. The lowest BCUT2D eigenvalue weighted by Gasteiger charge is -1.97. The summed E-state index contributed by atoms with van der Waals surface area (Å²) in [6.45, 7) is 0. The van der Waals surface area contributed by atoms with E-state index in [2.05, 4.69) is 28.7 Å². The average molecular weight is 323 g/mol. The molecule has 0 saturated heterocycles. The lowest BCUT2D eigenvalue weighted by atomic mass is 10.1. The molecule has 16 heavy (non-hydrogen) atoms. The number of hydrogen-bond donors (Lipinski definition) is 0. The first kappa shape index (κ1) is 11.3. The van der Waals surface area contributed by atoms with Gasteiger partial charge in [-0.05, 0) is 64.1 Å². The van der Waals surface area contributed by atoms with Crippen molar-refractivity contribution in [2.24, 2.45) is 0 Å². The molecule has 0 atom stereocenters. The van der Waals surface area contributed by atoms with E-state index < -0.39 is 0 Å². The molecular weight excluding hydrogens is 314 g/mol. The highest BCUT2D eigenvalue weighted by molar-refractivity contribution is 14.1. The molecule has 0 aromatic heterocycles. The van der Waals surface area contributed by atoms with Crippen LogP contribution in [0.1, 0.15) is 11.1 Å². The smallest absolute Gasteiger partial charge is 0.123 e. The topological polar surface area (TPSA) is 0 Å². The summed E-state index contributed by atoms with van der Waals surface area (Å²) in [4.78, 5) is 0. The predicted molar refractivity (Wildman–Crippen MR) is 72.4 cm³/mol. The predicted octanol–water partition coefficient (Wildman–Crippen LogP) is 4.29. The van der Waals surface area contributed by atoms with Crippen molar-refractivity contribution in [1.29, 1.82) is 0 Å². The lowest BCUT2D eigenvalue weighted by molar-refractivity contribution is 0.627. The van der Waals surface area contributed by atoms with Crippen molar-refractivity contribution in [2.45, 2.75) is 0 Å². The van der Waals surface area contributed by atoms with Gasteiger partial charge in [-0.2, -0.15) is 0 Å². The van der Waals surface area contributed by atoms with Gasteiger partial charge in [-0.25, -0.2) is 4.39 Å². The van der Waals surface area contributed by atoms with Crippen LogP contribution in [0.3, 0.4) is 0 Å². The van der Waals surface area contributed by atoms with Crippen molar-refractivity contribution in [3.8, 4) is 0 Å². The Hall–Kier alpha value is -1.16. The fraction of sp³-hybridized carbons (Fsp3) is 0. The SMILES string of the molecule is Fc1ccc([C]=Cc2ccccc2I)cc1. The van der Waals surface area contributed by atoms with E-state index in [1.165, 1.54) is 15.7 Å². The van der Waals surface area contributed by atoms with Crippen LogP contribution in [0.2, 0.25) is 0 Å². The first-order valence-electron chi connectivity index (χ1n) is 4.85. The van der Waals surface area contributed by atoms with E-state index in [1.807, 2.05) is 30.3 Å². The molecule has 0 spiro atoms. The first-order valence-corrected chi connectivity index (χ1v) is 5.93. The Balaban J connectivity index is 2.21. The summed E-state index contributed by atoms with van der Waals surface area (Å²) in [7, 11) is 0. The van der Waals surface area contributed by atoms with E-state index in [-0.39, 0.29) is 5.82 Å². The van der Waals surface area contributed by atoms with Crippen molar-refractivity contribution >= 4 is 28.7 Å². The zero-order valence-electron chi connectivity index (χ0n) is 8.45. The maximum Gasteiger partial charge on any atom is 0.123 e. The van der Waals surface area contributed by atoms with Gasteiger partial charge in [0.15, 0.2) is 0 Å². The first-order chi connectivity index (χ1) is 7.75. The van der Waals surface area contributed by atoms with Crippen LogP contribution in [0.4, 0.5) is 4.39 Å². The number of rotatable bonds is 2. The van der Waals surface area contributed by atoms with Crippen LogP contribution in [0.25, 0.3) is 6.08 Å². The van der Waals surface area contributed by atoms with Crippen LogP contribution in [-0.2, 0) is 0 Å². The molecule has 0 fully saturated rings. The maximum atomic E-state index is 12.7. The Morgan fingerprint density at radius 2 is 1.69 bits per heavy atom. The normalized spacial score (nSPS) is 10.9. The summed E-state index contributed by atoms with van der Waals surface area (Å²) >= 11 is 2.28. The third-order valence-corrected chi connectivity index (χ3v) is 3.13. The molecule has 0 amide bonds. The Kier molecular flexibility index (Phi) is 3.72. The van der Waals surface area contributed by atoms with Crippen LogP contribution in [0.5, 0.6) is 0 Å². The second-order valence-electron chi connectivity index (χ2n) is 3.32. The van der Waals surface area contributed by atoms with E-state index in [0.29, 0.717) is 0 Å². The Labute approximate surface area is 108 Å². The molecule has 2 aromatic carbocycles. The zero-order chi connectivity index (χ0) is 11.4. The summed E-state index contributed by atoms with van der Waals surface area (Å²) in [5.41, 5.74) is 1.99. The van der Waals surface area contributed by atoms with Crippen LogP contribution >= 0.6 is 22.6 Å². The van der Waals surface area contributed by atoms with E-state index in [0.717, 1.165) is 11.1 Å². The largest absolute Gasteiger partial charge is 0.207 e. The summed E-state index contributed by atoms with van der Waals surface area (Å²) in [6, 6.07) is 14.3. The molecule has 0 heterocycles. The minimum Gasteiger partial charge on any atom is -0.207 e. The van der Waals surface area contributed by atoms with Gasteiger partial charge in [-0.1, -0.05) is 30.3 Å². The Morgan fingerprint density at radius 1 is 1.00 bits per heavy atom. The van der Waals surface area contributed by atoms with Crippen molar-refractivity contribution in [2.75, 3.05) is 0 Å². The second-order valence-corrected chi connectivity index (χ2v) is 4.48. The standard InChI is InChI=1S/C14H9FI/c15-13-9-6-11(7-10-13)5-8-12-3-1-2-4-14(12)16/h1-4,6-10H. The molecule has 0 unspecified atom stereocenters. The highest BCUT2D eigenvalue weighted by atomic mass is 127. The maximum absolute atomic E-state index is 12.7. The van der Waals surface area contributed by atoms with Crippen LogP contribution < -0.4 is 0 Å². The monoisotopic (exact) mass is 323 g/mol. The van der Waals surface area contributed by atoms with Gasteiger partial charge in [0.25, 0.3) is 0 Å². The van der Waals surface area contributed by atoms with Gasteiger partial charge in [0.1, 0.15) is 5.82 Å². The summed E-state index contributed by atoms with van der Waals surface area (Å²) in [6.07, 6.45) is 5.04. The minimum absolute atomic E-state index is 0.222. The van der Waals surface area contributed by atoms with Crippen LogP contribution in [0, 0.1) is 15.5 Å². The fourth-order valence-electron chi connectivity index (χ4n) is 1.30. The fourth-order valence-corrected chi connectivity index (χ4v) is 1.84. The highest BCUT2D eigenvalue weighted by Gasteiger charge is 1.93. The van der Waals surface area contributed by atoms with Crippen molar-refractivity contribution in [1.82, 2.24) is 0 Å². The Morgan fingerprint density at radius 3 is 2.38 bits per heavy atom. The molecule has 0 aliphatic rings. The molecule has 0 N–H and O–H groups in total. The molecule has 2 aromatic rings. The molecule has 0 bridgehead atoms. The molecule has 0 nitrogen and oxygen atoms in total. The molecule has 2 rings (SSSR count). The van der Waals surface area contributed by atoms with E-state index in [1.54, 1.807) is 12.1 Å². The molecule has 0 aliphatic heterocycles. The van der Waals surface area contributed by atoms with Crippen molar-refractivity contribution in [3.05, 3.63) is 75.1 Å². The molecular formula is C14H9FI. The van der Waals surface area contributed by atoms with Gasteiger partial charge in [0, 0.05) is 3.57 Å². The Bertz CT molecular complexity index is 500. The van der Waals surface area contributed by atoms with Gasteiger partial charge in [0.05, 0.1) is 0 Å². The summed E-state index contributed by atoms with van der Waals surface area (Å²) < 4.78 is 13.9. The van der Waals surface area contributed by atoms with Gasteiger partial charge >= 0.3 is 0 Å². The van der Waals surface area contributed by atoms with Gasteiger partial charge < -0.3 is 0 Å². The van der Waals surface area contributed by atoms with Gasteiger partial charge in [-0.15, -0.1) is 0 Å². The average Bonchev–Trinajstić information content (AvgIpc) is 2.30. The second kappa shape index (κ2) is 5.25. The van der Waals surface area contributed by atoms with Crippen LogP contribution in [0.15, 0.2) is 48.5 Å². The highest BCUT2D eigenvalue weighted by Crippen LogP contribution is 2.14. The quantitative estimate of drug-likeness (QED) is 0.571. The minimum atomic E-state index is -0.222.